The molecule has 2 aromatic carbocycles. The monoisotopic (exact) mass is 886 g/mol. The maximum atomic E-state index is 17.8. The van der Waals surface area contributed by atoms with Crippen LogP contribution in [0, 0.1) is 23.1 Å². The fraction of sp³-hybridized carbons (Fsp3) is 0.583. The number of aromatic nitrogens is 3. The number of benzene rings is 2. The molecule has 4 fully saturated rings. The molecule has 4 aliphatic heterocycles. The molecule has 4 atom stereocenters. The Morgan fingerprint density at radius 3 is 2.41 bits per heavy atom. The van der Waals surface area contributed by atoms with Crippen molar-refractivity contribution in [2.75, 3.05) is 51.6 Å². The van der Waals surface area contributed by atoms with Gasteiger partial charge in [0.05, 0.1) is 28.6 Å². The van der Waals surface area contributed by atoms with Crippen LogP contribution in [0.5, 0.6) is 11.8 Å². The molecule has 1 amide bonds. The summed E-state index contributed by atoms with van der Waals surface area (Å²) in [6, 6.07) is 6.12. The average molecular weight is 887 g/mol. The minimum atomic E-state index is -2.32. The van der Waals surface area contributed by atoms with E-state index >= 15 is 8.78 Å². The SMILES string of the molecule is COCOc1cc(-c2ncc3c(N4C[C@@H]5C[C@H]4CN5C(=O)OC(C)(C)C)nc(OC[C@@]45CCCN4C[C@H](F)C5)nc3c2F)c2c(C#C[Si](C(C)C)(C(C)C)C(C)C)c(F)ccc2c1. The van der Waals surface area contributed by atoms with Gasteiger partial charge in [0.2, 0.25) is 0 Å². The van der Waals surface area contributed by atoms with E-state index in [1.165, 1.54) is 13.2 Å². The number of halogens is 3. The summed E-state index contributed by atoms with van der Waals surface area (Å²) in [7, 11) is -0.815. The summed E-state index contributed by atoms with van der Waals surface area (Å²) in [4.78, 5) is 33.6. The van der Waals surface area contributed by atoms with Gasteiger partial charge < -0.3 is 28.7 Å². The Hall–Kier alpha value is -4.65. The normalized spacial score (nSPS) is 22.5. The number of amides is 1. The molecule has 2 bridgehead atoms. The first-order valence-electron chi connectivity index (χ1n) is 22.4. The quantitative estimate of drug-likeness (QED) is 0.0822. The van der Waals surface area contributed by atoms with E-state index in [9.17, 15) is 9.18 Å². The van der Waals surface area contributed by atoms with Crippen LogP contribution in [-0.4, -0.2) is 115 Å². The topological polar surface area (TPSA) is 102 Å². The molecule has 0 aliphatic carbocycles. The van der Waals surface area contributed by atoms with Crippen molar-refractivity contribution in [2.45, 2.75) is 134 Å². The maximum absolute atomic E-state index is 17.8. The number of anilines is 1. The summed E-state index contributed by atoms with van der Waals surface area (Å²) in [5.41, 5.74) is 3.77. The standard InChI is InChI=1S/C48H61F3N6O5Si/c1-28(2)63(29(3)4,30(5)6)17-14-36-39(50)13-12-31-18-35(61-27-59-10)20-37(40(31)36)42-41(51)43-38(22-52-42)44(56-24-34-19-33(56)25-57(34)46(58)62-47(7,8)9)54-45(53-43)60-26-48-15-11-16-55(48)23-32(49)21-48/h12-13,18,20,22,28-30,32-34H,11,15-16,19,21,23-27H2,1-10H3/t32-,33+,34+,48+/m1/s1. The average Bonchev–Trinajstić information content (AvgIpc) is 3.99. The molecule has 4 aromatic rings. The molecular weight excluding hydrogens is 826 g/mol. The first-order valence-corrected chi connectivity index (χ1v) is 24.6. The van der Waals surface area contributed by atoms with Gasteiger partial charge in [-0.15, -0.1) is 5.54 Å². The van der Waals surface area contributed by atoms with E-state index in [1.807, 2.05) is 20.8 Å². The van der Waals surface area contributed by atoms with Gasteiger partial charge in [0.1, 0.15) is 55.0 Å². The number of hydrogen-bond donors (Lipinski definition) is 0. The number of methoxy groups -OCH3 is 1. The Kier molecular flexibility index (Phi) is 12.2. The lowest BCUT2D eigenvalue weighted by molar-refractivity contribution is 0.0214. The lowest BCUT2D eigenvalue weighted by atomic mass is 9.95. The third-order valence-corrected chi connectivity index (χ3v) is 20.2. The Labute approximate surface area is 370 Å². The maximum Gasteiger partial charge on any atom is 0.410 e. The minimum absolute atomic E-state index is 0.0337. The van der Waals surface area contributed by atoms with E-state index in [0.717, 1.165) is 19.4 Å². The molecule has 63 heavy (non-hydrogen) atoms. The molecule has 11 nitrogen and oxygen atoms in total. The second kappa shape index (κ2) is 17.0. The minimum Gasteiger partial charge on any atom is -0.468 e. The fourth-order valence-electron chi connectivity index (χ4n) is 11.1. The van der Waals surface area contributed by atoms with Gasteiger partial charge >= 0.3 is 12.1 Å². The van der Waals surface area contributed by atoms with Crippen LogP contribution in [0.2, 0.25) is 16.6 Å². The third kappa shape index (κ3) is 8.20. The first kappa shape index (κ1) is 44.9. The van der Waals surface area contributed by atoms with Gasteiger partial charge in [0, 0.05) is 50.3 Å². The summed E-state index contributed by atoms with van der Waals surface area (Å²) in [6.45, 7) is 20.8. The number of alkyl halides is 1. The van der Waals surface area contributed by atoms with Gasteiger partial charge in [-0.25, -0.2) is 18.0 Å². The van der Waals surface area contributed by atoms with E-state index in [1.54, 1.807) is 29.3 Å². The highest BCUT2D eigenvalue weighted by atomic mass is 28.3. The van der Waals surface area contributed by atoms with Gasteiger partial charge in [-0.2, -0.15) is 9.97 Å². The zero-order valence-electron chi connectivity index (χ0n) is 38.3. The molecule has 8 rings (SSSR count). The molecule has 0 N–H and O–H groups in total. The number of hydrogen-bond acceptors (Lipinski definition) is 10. The van der Waals surface area contributed by atoms with Crippen LogP contribution in [0.25, 0.3) is 32.9 Å². The smallest absolute Gasteiger partial charge is 0.410 e. The number of fused-ring (bicyclic) bond motifs is 5. The van der Waals surface area contributed by atoms with Crippen LogP contribution in [0.3, 0.4) is 0 Å². The Morgan fingerprint density at radius 2 is 1.75 bits per heavy atom. The molecule has 338 valence electrons. The number of ether oxygens (including phenoxy) is 4. The zero-order valence-corrected chi connectivity index (χ0v) is 39.3. The van der Waals surface area contributed by atoms with Crippen LogP contribution in [0.1, 0.15) is 93.6 Å². The predicted octanol–water partition coefficient (Wildman–Crippen LogP) is 9.83. The molecule has 0 unspecified atom stereocenters. The van der Waals surface area contributed by atoms with E-state index < -0.39 is 37.0 Å². The van der Waals surface area contributed by atoms with E-state index in [2.05, 4.69) is 62.8 Å². The number of nitrogens with zero attached hydrogens (tertiary/aromatic N) is 6. The molecule has 2 aromatic heterocycles. The van der Waals surface area contributed by atoms with Crippen molar-refractivity contribution in [3.63, 3.8) is 0 Å². The lowest BCUT2D eigenvalue weighted by Crippen LogP contribution is -2.50. The number of carbonyl (C=O) groups is 1. The molecule has 0 spiro atoms. The second-order valence-electron chi connectivity index (χ2n) is 19.9. The second-order valence-corrected chi connectivity index (χ2v) is 25.5. The van der Waals surface area contributed by atoms with Crippen molar-refractivity contribution in [3.8, 4) is 34.5 Å². The molecule has 4 saturated heterocycles. The van der Waals surface area contributed by atoms with Crippen molar-refractivity contribution in [1.82, 2.24) is 24.8 Å². The molecular formula is C48H61F3N6O5Si. The Morgan fingerprint density at radius 1 is 1.00 bits per heavy atom. The number of rotatable bonds is 11. The van der Waals surface area contributed by atoms with Gasteiger partial charge in [-0.1, -0.05) is 53.5 Å². The van der Waals surface area contributed by atoms with Crippen LogP contribution >= 0.6 is 0 Å². The third-order valence-electron chi connectivity index (χ3n) is 13.9. The lowest BCUT2D eigenvalue weighted by Gasteiger charge is -2.38. The van der Waals surface area contributed by atoms with Crippen LogP contribution in [-0.2, 0) is 9.47 Å². The summed E-state index contributed by atoms with van der Waals surface area (Å²) >= 11 is 0. The molecule has 0 saturated carbocycles. The van der Waals surface area contributed by atoms with Crippen LogP contribution < -0.4 is 14.4 Å². The zero-order chi connectivity index (χ0) is 45.2. The first-order chi connectivity index (χ1) is 29.9. The van der Waals surface area contributed by atoms with Crippen molar-refractivity contribution in [2.24, 2.45) is 0 Å². The summed E-state index contributed by atoms with van der Waals surface area (Å²) in [5.74, 6) is 2.86. The number of likely N-dealkylation sites (tertiary alicyclic amines) is 1. The molecule has 15 heteroatoms. The largest absolute Gasteiger partial charge is 0.468 e. The summed E-state index contributed by atoms with van der Waals surface area (Å²) < 4.78 is 72.2. The van der Waals surface area contributed by atoms with Gasteiger partial charge in [-0.3, -0.25) is 9.88 Å². The van der Waals surface area contributed by atoms with Crippen molar-refractivity contribution >= 4 is 41.7 Å². The number of piperazine rings is 1. The summed E-state index contributed by atoms with van der Waals surface area (Å²) in [6.07, 6.45) is 2.95. The van der Waals surface area contributed by atoms with Crippen molar-refractivity contribution < 1.29 is 36.9 Å². The van der Waals surface area contributed by atoms with Gasteiger partial charge in [0.25, 0.3) is 0 Å². The van der Waals surface area contributed by atoms with E-state index in [-0.39, 0.29) is 59.9 Å². The van der Waals surface area contributed by atoms with Crippen molar-refractivity contribution in [1.29, 1.82) is 0 Å². The van der Waals surface area contributed by atoms with Crippen LogP contribution in [0.4, 0.5) is 23.8 Å². The Bertz CT molecular complexity index is 2450. The number of pyridine rings is 1. The molecule has 6 heterocycles. The Balaban J connectivity index is 1.28. The predicted molar refractivity (Wildman–Crippen MR) is 242 cm³/mol. The highest BCUT2D eigenvalue weighted by Gasteiger charge is 2.50. The fourth-order valence-corrected chi connectivity index (χ4v) is 16.4. The highest BCUT2D eigenvalue weighted by molar-refractivity contribution is 6.90. The number of carbonyl (C=O) groups excluding carboxylic acids is 1. The van der Waals surface area contributed by atoms with E-state index in [0.29, 0.717) is 76.8 Å². The molecule has 0 radical (unpaired) electrons. The summed E-state index contributed by atoms with van der Waals surface area (Å²) in [5, 5.41) is 1.35. The van der Waals surface area contributed by atoms with Crippen LogP contribution in [0.15, 0.2) is 30.5 Å². The van der Waals surface area contributed by atoms with Gasteiger partial charge in [-0.05, 0) is 86.8 Å². The molecule has 4 aliphatic rings. The van der Waals surface area contributed by atoms with Crippen molar-refractivity contribution in [3.05, 3.63) is 47.7 Å². The highest BCUT2D eigenvalue weighted by Crippen LogP contribution is 2.45. The van der Waals surface area contributed by atoms with Gasteiger partial charge in [0.15, 0.2) is 12.6 Å². The van der Waals surface area contributed by atoms with E-state index in [4.69, 9.17) is 33.9 Å².